The third kappa shape index (κ3) is 4.66. The molecule has 2 aliphatic rings. The number of alkyl halides is 2. The topological polar surface area (TPSA) is 83.8 Å². The molecule has 1 fully saturated rings. The molecule has 0 aliphatic carbocycles. The van der Waals surface area contributed by atoms with Crippen LogP contribution in [0.3, 0.4) is 0 Å². The number of hydrogen-bond acceptors (Lipinski definition) is 6. The standard InChI is InChI=1S/C21H21F3N4O4/c1-4-16(32-21(23)24)19(25-2)20(30)27-10-13(11-27)28-18(29)8-7-15(26-28)14-6-5-12(22)9-17(14)31-3/h4-6,9,13,21H,1-2,7-8,10-11H2,3H3/b19-16+. The summed E-state index contributed by atoms with van der Waals surface area (Å²) in [4.78, 5) is 29.9. The number of carbonyl (C=O) groups excluding carboxylic acids is 2. The van der Waals surface area contributed by atoms with Crippen LogP contribution in [0.25, 0.3) is 0 Å². The molecule has 2 heterocycles. The summed E-state index contributed by atoms with van der Waals surface area (Å²) in [5, 5.41) is 5.71. The summed E-state index contributed by atoms with van der Waals surface area (Å²) in [7, 11) is 1.41. The molecule has 0 spiro atoms. The number of likely N-dealkylation sites (tertiary alicyclic amines) is 1. The van der Waals surface area contributed by atoms with Gasteiger partial charge in [0.15, 0.2) is 11.5 Å². The van der Waals surface area contributed by atoms with Crippen molar-refractivity contribution in [3.63, 3.8) is 0 Å². The van der Waals surface area contributed by atoms with Gasteiger partial charge < -0.3 is 14.4 Å². The molecule has 32 heavy (non-hydrogen) atoms. The van der Waals surface area contributed by atoms with Crippen molar-refractivity contribution >= 4 is 24.2 Å². The molecular formula is C21H21F3N4O4. The van der Waals surface area contributed by atoms with E-state index in [4.69, 9.17) is 4.74 Å². The monoisotopic (exact) mass is 450 g/mol. The number of benzene rings is 1. The quantitative estimate of drug-likeness (QED) is 0.264. The van der Waals surface area contributed by atoms with Crippen LogP contribution in [0.1, 0.15) is 18.4 Å². The van der Waals surface area contributed by atoms with E-state index < -0.39 is 35.8 Å². The van der Waals surface area contributed by atoms with Crippen molar-refractivity contribution in [2.24, 2.45) is 10.1 Å². The van der Waals surface area contributed by atoms with Crippen molar-refractivity contribution in [2.75, 3.05) is 20.2 Å². The second-order valence-electron chi connectivity index (χ2n) is 6.95. The molecule has 0 saturated carbocycles. The van der Waals surface area contributed by atoms with Crippen LogP contribution >= 0.6 is 0 Å². The highest BCUT2D eigenvalue weighted by molar-refractivity contribution is 6.06. The van der Waals surface area contributed by atoms with Crippen molar-refractivity contribution < 1.29 is 32.2 Å². The fraction of sp³-hybridized carbons (Fsp3) is 0.333. The highest BCUT2D eigenvalue weighted by Crippen LogP contribution is 2.28. The molecule has 0 unspecified atom stereocenters. The summed E-state index contributed by atoms with van der Waals surface area (Å²) in [6, 6.07) is 3.63. The number of amides is 2. The molecular weight excluding hydrogens is 429 g/mol. The Morgan fingerprint density at radius 3 is 2.66 bits per heavy atom. The minimum Gasteiger partial charge on any atom is -0.496 e. The average Bonchev–Trinajstić information content (AvgIpc) is 2.73. The average molecular weight is 450 g/mol. The maximum absolute atomic E-state index is 13.5. The molecule has 0 aromatic heterocycles. The lowest BCUT2D eigenvalue weighted by Gasteiger charge is -2.44. The number of rotatable bonds is 8. The van der Waals surface area contributed by atoms with Gasteiger partial charge in [-0.15, -0.1) is 0 Å². The van der Waals surface area contributed by atoms with E-state index in [0.717, 1.165) is 6.08 Å². The molecule has 1 aromatic rings. The zero-order chi connectivity index (χ0) is 23.4. The number of methoxy groups -OCH3 is 1. The van der Waals surface area contributed by atoms with Gasteiger partial charge in [-0.25, -0.2) is 9.40 Å². The molecule has 170 valence electrons. The number of nitrogens with zero attached hydrogens (tertiary/aromatic N) is 4. The van der Waals surface area contributed by atoms with E-state index >= 15 is 0 Å². The number of carbonyl (C=O) groups is 2. The van der Waals surface area contributed by atoms with E-state index in [0.29, 0.717) is 23.4 Å². The zero-order valence-electron chi connectivity index (χ0n) is 17.3. The van der Waals surface area contributed by atoms with Gasteiger partial charge >= 0.3 is 6.61 Å². The Morgan fingerprint density at radius 2 is 2.06 bits per heavy atom. The smallest absolute Gasteiger partial charge is 0.387 e. The fourth-order valence-corrected chi connectivity index (χ4v) is 3.43. The molecule has 11 heteroatoms. The van der Waals surface area contributed by atoms with Crippen molar-refractivity contribution in [1.82, 2.24) is 9.91 Å². The van der Waals surface area contributed by atoms with Gasteiger partial charge in [0.05, 0.1) is 18.9 Å². The van der Waals surface area contributed by atoms with Crippen molar-refractivity contribution in [3.8, 4) is 5.75 Å². The number of hydrogen-bond donors (Lipinski definition) is 0. The summed E-state index contributed by atoms with van der Waals surface area (Å²) < 4.78 is 48.1. The van der Waals surface area contributed by atoms with E-state index in [1.165, 1.54) is 35.2 Å². The Bertz CT molecular complexity index is 1000. The van der Waals surface area contributed by atoms with Gasteiger partial charge in [0, 0.05) is 37.6 Å². The SMILES string of the molecule is C=C/C(OC(F)F)=C(\N=C)C(=O)N1CC(N2N=C(c3ccc(F)cc3OC)CCC2=O)C1. The Morgan fingerprint density at radius 1 is 1.34 bits per heavy atom. The van der Waals surface area contributed by atoms with Crippen LogP contribution in [-0.4, -0.2) is 67.0 Å². The maximum atomic E-state index is 13.5. The van der Waals surface area contributed by atoms with Crippen molar-refractivity contribution in [1.29, 1.82) is 0 Å². The first-order valence-corrected chi connectivity index (χ1v) is 9.60. The molecule has 0 bridgehead atoms. The van der Waals surface area contributed by atoms with Crippen LogP contribution < -0.4 is 4.74 Å². The Hall–Kier alpha value is -3.63. The van der Waals surface area contributed by atoms with Crippen molar-refractivity contribution in [3.05, 3.63) is 53.7 Å². The van der Waals surface area contributed by atoms with Gasteiger partial charge in [0.1, 0.15) is 11.6 Å². The molecule has 1 aromatic carbocycles. The molecule has 0 atom stereocenters. The summed E-state index contributed by atoms with van der Waals surface area (Å²) in [5.41, 5.74) is 0.724. The summed E-state index contributed by atoms with van der Waals surface area (Å²) >= 11 is 0. The van der Waals surface area contributed by atoms with Crippen LogP contribution in [-0.2, 0) is 14.3 Å². The van der Waals surface area contributed by atoms with E-state index in [-0.39, 0.29) is 25.4 Å². The van der Waals surface area contributed by atoms with Crippen LogP contribution in [0.4, 0.5) is 13.2 Å². The molecule has 3 rings (SSSR count). The lowest BCUT2D eigenvalue weighted by Crippen LogP contribution is -2.61. The molecule has 0 N–H and O–H groups in total. The number of aliphatic imine (C=N–C) groups is 1. The van der Waals surface area contributed by atoms with E-state index in [1.54, 1.807) is 0 Å². The van der Waals surface area contributed by atoms with Gasteiger partial charge in [-0.3, -0.25) is 14.6 Å². The lowest BCUT2D eigenvalue weighted by molar-refractivity contribution is -0.145. The van der Waals surface area contributed by atoms with Gasteiger partial charge in [0.2, 0.25) is 5.91 Å². The number of ether oxygens (including phenoxy) is 2. The lowest BCUT2D eigenvalue weighted by atomic mass is 10.0. The van der Waals surface area contributed by atoms with E-state index in [2.05, 4.69) is 28.1 Å². The largest absolute Gasteiger partial charge is 0.496 e. The normalized spacial score (nSPS) is 17.4. The first kappa shape index (κ1) is 23.0. The summed E-state index contributed by atoms with van der Waals surface area (Å²) in [6.45, 7) is 3.65. The molecule has 1 saturated heterocycles. The molecule has 0 radical (unpaired) electrons. The van der Waals surface area contributed by atoms with E-state index in [1.807, 2.05) is 0 Å². The minimum atomic E-state index is -3.15. The van der Waals surface area contributed by atoms with Gasteiger partial charge in [-0.2, -0.15) is 13.9 Å². The van der Waals surface area contributed by atoms with Crippen LogP contribution in [0.5, 0.6) is 5.75 Å². The second-order valence-corrected chi connectivity index (χ2v) is 6.95. The van der Waals surface area contributed by atoms with Crippen molar-refractivity contribution in [2.45, 2.75) is 25.5 Å². The number of allylic oxidation sites excluding steroid dienone is 1. The molecule has 8 nitrogen and oxygen atoms in total. The van der Waals surface area contributed by atoms with Gasteiger partial charge in [-0.05, 0) is 24.9 Å². The Balaban J connectivity index is 1.76. The Labute approximate surface area is 182 Å². The maximum Gasteiger partial charge on any atom is 0.387 e. The van der Waals surface area contributed by atoms with E-state index in [9.17, 15) is 22.8 Å². The Kier molecular flexibility index (Phi) is 6.96. The summed E-state index contributed by atoms with van der Waals surface area (Å²) in [6.07, 6.45) is 1.49. The van der Waals surface area contributed by atoms with Crippen LogP contribution in [0.2, 0.25) is 0 Å². The molecule has 2 aliphatic heterocycles. The zero-order valence-corrected chi connectivity index (χ0v) is 17.3. The highest BCUT2D eigenvalue weighted by Gasteiger charge is 2.40. The number of hydrazone groups is 1. The third-order valence-corrected chi connectivity index (χ3v) is 5.03. The van der Waals surface area contributed by atoms with Crippen LogP contribution in [0, 0.1) is 5.82 Å². The first-order chi connectivity index (χ1) is 15.3. The minimum absolute atomic E-state index is 0.111. The highest BCUT2D eigenvalue weighted by atomic mass is 19.3. The third-order valence-electron chi connectivity index (χ3n) is 5.03. The fourth-order valence-electron chi connectivity index (χ4n) is 3.43. The summed E-state index contributed by atoms with van der Waals surface area (Å²) in [5.74, 6) is -1.55. The van der Waals surface area contributed by atoms with Gasteiger partial charge in [-0.1, -0.05) is 6.58 Å². The predicted molar refractivity (Wildman–Crippen MR) is 110 cm³/mol. The van der Waals surface area contributed by atoms with Crippen LogP contribution in [0.15, 0.2) is 52.4 Å². The molecule has 2 amide bonds. The van der Waals surface area contributed by atoms with Gasteiger partial charge in [0.25, 0.3) is 5.91 Å². The number of halogens is 3. The predicted octanol–water partition coefficient (Wildman–Crippen LogP) is 2.71. The second kappa shape index (κ2) is 9.67. The first-order valence-electron chi connectivity index (χ1n) is 9.60.